The number of hydrogen-bond donors (Lipinski definition) is 1. The van der Waals surface area contributed by atoms with E-state index in [1.807, 2.05) is 0 Å². The van der Waals surface area contributed by atoms with Crippen molar-refractivity contribution in [1.82, 2.24) is 14.7 Å². The topological polar surface area (TPSA) is 35.7 Å². The summed E-state index contributed by atoms with van der Waals surface area (Å²) in [6, 6.07) is 0. The standard InChI is InChI=1S/C15H34N4/c1-14(2)11-19(10-9-17(3)4)15(12-16)7-6-8-18(5)13-15/h14H,6-13,16H2,1-5H3. The molecule has 1 rings (SSSR count). The summed E-state index contributed by atoms with van der Waals surface area (Å²) in [5.74, 6) is 0.692. The van der Waals surface area contributed by atoms with Crippen LogP contribution in [0, 0.1) is 5.92 Å². The minimum Gasteiger partial charge on any atom is -0.329 e. The molecule has 1 fully saturated rings. The van der Waals surface area contributed by atoms with Gasteiger partial charge in [0.1, 0.15) is 0 Å². The van der Waals surface area contributed by atoms with Crippen molar-refractivity contribution in [2.45, 2.75) is 32.2 Å². The Morgan fingerprint density at radius 2 is 1.95 bits per heavy atom. The van der Waals surface area contributed by atoms with Crippen LogP contribution in [0.5, 0.6) is 0 Å². The van der Waals surface area contributed by atoms with Crippen molar-refractivity contribution in [1.29, 1.82) is 0 Å². The lowest BCUT2D eigenvalue weighted by molar-refractivity contribution is 0.0143. The first kappa shape index (κ1) is 16.9. The molecule has 19 heavy (non-hydrogen) atoms. The first-order valence-corrected chi connectivity index (χ1v) is 7.68. The van der Waals surface area contributed by atoms with E-state index in [2.05, 4.69) is 49.7 Å². The van der Waals surface area contributed by atoms with Gasteiger partial charge in [0.2, 0.25) is 0 Å². The molecule has 0 aromatic heterocycles. The maximum atomic E-state index is 6.20. The fourth-order valence-electron chi connectivity index (χ4n) is 3.18. The van der Waals surface area contributed by atoms with Crippen molar-refractivity contribution in [2.75, 3.05) is 60.4 Å². The monoisotopic (exact) mass is 270 g/mol. The summed E-state index contributed by atoms with van der Waals surface area (Å²) in [7, 11) is 6.52. The van der Waals surface area contributed by atoms with Gasteiger partial charge in [-0.05, 0) is 46.4 Å². The molecule has 0 bridgehead atoms. The molecule has 2 N–H and O–H groups in total. The summed E-state index contributed by atoms with van der Waals surface area (Å²) in [5.41, 5.74) is 6.39. The Bertz CT molecular complexity index is 255. The summed E-state index contributed by atoms with van der Waals surface area (Å²) in [6.07, 6.45) is 2.51. The van der Waals surface area contributed by atoms with Crippen molar-refractivity contribution < 1.29 is 0 Å². The average molecular weight is 270 g/mol. The Hall–Kier alpha value is -0.160. The molecule has 4 heteroatoms. The number of rotatable bonds is 7. The number of hydrogen-bond acceptors (Lipinski definition) is 4. The number of nitrogens with zero attached hydrogens (tertiary/aromatic N) is 3. The van der Waals surface area contributed by atoms with Crippen molar-refractivity contribution in [3.63, 3.8) is 0 Å². The molecular formula is C15H34N4. The quantitative estimate of drug-likeness (QED) is 0.746. The van der Waals surface area contributed by atoms with Gasteiger partial charge in [0.25, 0.3) is 0 Å². The average Bonchev–Trinajstić information content (AvgIpc) is 2.33. The van der Waals surface area contributed by atoms with Crippen LogP contribution in [0.15, 0.2) is 0 Å². The lowest BCUT2D eigenvalue weighted by Crippen LogP contribution is -2.63. The van der Waals surface area contributed by atoms with Crippen molar-refractivity contribution in [2.24, 2.45) is 11.7 Å². The van der Waals surface area contributed by atoms with E-state index in [4.69, 9.17) is 5.73 Å². The zero-order valence-corrected chi connectivity index (χ0v) is 13.7. The number of likely N-dealkylation sites (tertiary alicyclic amines) is 1. The molecule has 0 radical (unpaired) electrons. The van der Waals surface area contributed by atoms with Gasteiger partial charge < -0.3 is 15.5 Å². The highest BCUT2D eigenvalue weighted by Gasteiger charge is 2.38. The highest BCUT2D eigenvalue weighted by atomic mass is 15.3. The number of likely N-dealkylation sites (N-methyl/N-ethyl adjacent to an activating group) is 2. The molecule has 0 aromatic rings. The predicted octanol–water partition coefficient (Wildman–Crippen LogP) is 0.929. The van der Waals surface area contributed by atoms with Crippen LogP contribution in [-0.2, 0) is 0 Å². The Morgan fingerprint density at radius 3 is 2.42 bits per heavy atom. The molecule has 1 unspecified atom stereocenters. The maximum absolute atomic E-state index is 6.20. The molecule has 1 aliphatic rings. The molecule has 1 heterocycles. The highest BCUT2D eigenvalue weighted by Crippen LogP contribution is 2.27. The minimum atomic E-state index is 0.188. The SMILES string of the molecule is CC(C)CN(CCN(C)C)C1(CN)CCCN(C)C1. The Morgan fingerprint density at radius 1 is 1.26 bits per heavy atom. The predicted molar refractivity (Wildman–Crippen MR) is 83.5 cm³/mol. The fraction of sp³-hybridized carbons (Fsp3) is 1.00. The van der Waals surface area contributed by atoms with Crippen LogP contribution < -0.4 is 5.73 Å². The van der Waals surface area contributed by atoms with Gasteiger partial charge in [0.05, 0.1) is 0 Å². The summed E-state index contributed by atoms with van der Waals surface area (Å²) in [4.78, 5) is 7.37. The van der Waals surface area contributed by atoms with Gasteiger partial charge in [-0.25, -0.2) is 0 Å². The summed E-state index contributed by atoms with van der Waals surface area (Å²) < 4.78 is 0. The Kier molecular flexibility index (Phi) is 6.74. The first-order chi connectivity index (χ1) is 8.89. The lowest BCUT2D eigenvalue weighted by atomic mass is 9.86. The van der Waals surface area contributed by atoms with E-state index in [9.17, 15) is 0 Å². The van der Waals surface area contributed by atoms with Gasteiger partial charge in [-0.2, -0.15) is 0 Å². The molecule has 1 saturated heterocycles. The highest BCUT2D eigenvalue weighted by molar-refractivity contribution is 4.97. The van der Waals surface area contributed by atoms with Gasteiger partial charge in [-0.3, -0.25) is 4.90 Å². The summed E-state index contributed by atoms with van der Waals surface area (Å²) >= 11 is 0. The molecule has 0 aromatic carbocycles. The lowest BCUT2D eigenvalue weighted by Gasteiger charge is -2.49. The number of piperidine rings is 1. The first-order valence-electron chi connectivity index (χ1n) is 7.68. The Balaban J connectivity index is 2.78. The molecular weight excluding hydrogens is 236 g/mol. The van der Waals surface area contributed by atoms with E-state index in [1.54, 1.807) is 0 Å². The minimum absolute atomic E-state index is 0.188. The van der Waals surface area contributed by atoms with E-state index in [0.717, 1.165) is 32.7 Å². The van der Waals surface area contributed by atoms with E-state index in [-0.39, 0.29) is 5.54 Å². The molecule has 4 nitrogen and oxygen atoms in total. The van der Waals surface area contributed by atoms with E-state index >= 15 is 0 Å². The third-order valence-corrected chi connectivity index (χ3v) is 4.20. The molecule has 1 atom stereocenters. The van der Waals surface area contributed by atoms with Crippen LogP contribution in [0.1, 0.15) is 26.7 Å². The molecule has 0 aliphatic carbocycles. The zero-order valence-electron chi connectivity index (χ0n) is 13.7. The number of nitrogens with two attached hydrogens (primary N) is 1. The van der Waals surface area contributed by atoms with Gasteiger partial charge in [0, 0.05) is 38.3 Å². The Labute approximate surface area is 119 Å². The molecule has 0 amide bonds. The van der Waals surface area contributed by atoms with Crippen molar-refractivity contribution in [3.8, 4) is 0 Å². The van der Waals surface area contributed by atoms with E-state index < -0.39 is 0 Å². The summed E-state index contributed by atoms with van der Waals surface area (Å²) in [5, 5.41) is 0. The van der Waals surface area contributed by atoms with Crippen LogP contribution in [0.2, 0.25) is 0 Å². The van der Waals surface area contributed by atoms with E-state index in [0.29, 0.717) is 5.92 Å². The van der Waals surface area contributed by atoms with Gasteiger partial charge in [-0.1, -0.05) is 13.8 Å². The second kappa shape index (κ2) is 7.58. The van der Waals surface area contributed by atoms with Crippen molar-refractivity contribution in [3.05, 3.63) is 0 Å². The normalized spacial score (nSPS) is 25.7. The van der Waals surface area contributed by atoms with Crippen LogP contribution >= 0.6 is 0 Å². The third-order valence-electron chi connectivity index (χ3n) is 4.20. The third kappa shape index (κ3) is 5.03. The molecule has 0 saturated carbocycles. The largest absolute Gasteiger partial charge is 0.329 e. The smallest absolute Gasteiger partial charge is 0.0459 e. The van der Waals surface area contributed by atoms with Crippen LogP contribution in [0.3, 0.4) is 0 Å². The van der Waals surface area contributed by atoms with E-state index in [1.165, 1.54) is 19.4 Å². The van der Waals surface area contributed by atoms with Crippen LogP contribution in [-0.4, -0.2) is 80.7 Å². The molecule has 114 valence electrons. The second-order valence-electron chi connectivity index (χ2n) is 6.91. The zero-order chi connectivity index (χ0) is 14.5. The van der Waals surface area contributed by atoms with Crippen LogP contribution in [0.4, 0.5) is 0 Å². The van der Waals surface area contributed by atoms with Crippen LogP contribution in [0.25, 0.3) is 0 Å². The van der Waals surface area contributed by atoms with Gasteiger partial charge in [-0.15, -0.1) is 0 Å². The molecule has 0 spiro atoms. The molecule has 1 aliphatic heterocycles. The summed E-state index contributed by atoms with van der Waals surface area (Å²) in [6.45, 7) is 11.1. The second-order valence-corrected chi connectivity index (χ2v) is 6.91. The van der Waals surface area contributed by atoms with Gasteiger partial charge >= 0.3 is 0 Å². The van der Waals surface area contributed by atoms with Crippen molar-refractivity contribution >= 4 is 0 Å². The fourth-order valence-corrected chi connectivity index (χ4v) is 3.18. The maximum Gasteiger partial charge on any atom is 0.0459 e. The van der Waals surface area contributed by atoms with Gasteiger partial charge in [0.15, 0.2) is 0 Å².